The smallest absolute Gasteiger partial charge is 0.295 e. The standard InChI is InChI=1S/C11H19N3O3/c1-3-6-17-7-4-5-12-10-9(16-2)11(15)14-8-13-10/h8H,3-7H2,1-2H3,(H2,12,13,14,15). The Morgan fingerprint density at radius 1 is 1.47 bits per heavy atom. The van der Waals surface area contributed by atoms with Crippen LogP contribution in [0.5, 0.6) is 5.75 Å². The average Bonchev–Trinajstić information content (AvgIpc) is 2.34. The van der Waals surface area contributed by atoms with E-state index in [1.807, 2.05) is 0 Å². The molecule has 0 saturated heterocycles. The van der Waals surface area contributed by atoms with E-state index in [4.69, 9.17) is 9.47 Å². The lowest BCUT2D eigenvalue weighted by Crippen LogP contribution is -2.15. The van der Waals surface area contributed by atoms with E-state index in [9.17, 15) is 4.79 Å². The molecule has 0 fully saturated rings. The van der Waals surface area contributed by atoms with Gasteiger partial charge in [-0.2, -0.15) is 0 Å². The third-order valence-electron chi connectivity index (χ3n) is 2.12. The van der Waals surface area contributed by atoms with Crippen molar-refractivity contribution < 1.29 is 9.47 Å². The second-order valence-corrected chi connectivity index (χ2v) is 3.51. The molecule has 0 saturated carbocycles. The normalized spacial score (nSPS) is 10.2. The van der Waals surface area contributed by atoms with Gasteiger partial charge in [0, 0.05) is 19.8 Å². The number of rotatable bonds is 8. The lowest BCUT2D eigenvalue weighted by atomic mass is 10.4. The highest BCUT2D eigenvalue weighted by molar-refractivity contribution is 5.47. The van der Waals surface area contributed by atoms with Gasteiger partial charge in [0.1, 0.15) is 0 Å². The molecule has 0 aliphatic heterocycles. The van der Waals surface area contributed by atoms with Crippen molar-refractivity contribution in [2.75, 3.05) is 32.2 Å². The van der Waals surface area contributed by atoms with Crippen molar-refractivity contribution in [3.8, 4) is 5.75 Å². The first kappa shape index (κ1) is 13.5. The van der Waals surface area contributed by atoms with Crippen molar-refractivity contribution in [1.29, 1.82) is 0 Å². The summed E-state index contributed by atoms with van der Waals surface area (Å²) in [6.45, 7) is 4.25. The van der Waals surface area contributed by atoms with Gasteiger partial charge in [0.2, 0.25) is 5.75 Å². The van der Waals surface area contributed by atoms with E-state index >= 15 is 0 Å². The van der Waals surface area contributed by atoms with E-state index in [1.165, 1.54) is 13.4 Å². The zero-order valence-electron chi connectivity index (χ0n) is 10.3. The Hall–Kier alpha value is -1.56. The molecule has 17 heavy (non-hydrogen) atoms. The third kappa shape index (κ3) is 4.44. The molecule has 0 spiro atoms. The van der Waals surface area contributed by atoms with Crippen molar-refractivity contribution >= 4 is 5.82 Å². The molecule has 0 amide bonds. The van der Waals surface area contributed by atoms with E-state index < -0.39 is 0 Å². The lowest BCUT2D eigenvalue weighted by molar-refractivity contribution is 0.134. The van der Waals surface area contributed by atoms with Gasteiger partial charge in [-0.05, 0) is 12.8 Å². The summed E-state index contributed by atoms with van der Waals surface area (Å²) in [6, 6.07) is 0. The molecular weight excluding hydrogens is 222 g/mol. The van der Waals surface area contributed by atoms with Crippen LogP contribution in [0, 0.1) is 0 Å². The molecule has 1 heterocycles. The van der Waals surface area contributed by atoms with Crippen LogP contribution in [0.15, 0.2) is 11.1 Å². The highest BCUT2D eigenvalue weighted by Gasteiger charge is 2.07. The molecule has 1 aromatic rings. The number of aromatic amines is 1. The van der Waals surface area contributed by atoms with E-state index in [2.05, 4.69) is 22.2 Å². The van der Waals surface area contributed by atoms with Crippen LogP contribution in [-0.4, -0.2) is 36.8 Å². The van der Waals surface area contributed by atoms with Gasteiger partial charge in [0.15, 0.2) is 5.82 Å². The Balaban J connectivity index is 2.36. The zero-order chi connectivity index (χ0) is 12.5. The van der Waals surface area contributed by atoms with Crippen molar-refractivity contribution in [1.82, 2.24) is 9.97 Å². The Kier molecular flexibility index (Phi) is 6.09. The molecule has 0 atom stereocenters. The van der Waals surface area contributed by atoms with Crippen LogP contribution in [0.3, 0.4) is 0 Å². The van der Waals surface area contributed by atoms with E-state index in [-0.39, 0.29) is 11.3 Å². The quantitative estimate of drug-likeness (QED) is 0.664. The van der Waals surface area contributed by atoms with Crippen LogP contribution < -0.4 is 15.6 Å². The summed E-state index contributed by atoms with van der Waals surface area (Å²) in [5, 5.41) is 3.05. The van der Waals surface area contributed by atoms with Crippen molar-refractivity contribution in [3.05, 3.63) is 16.7 Å². The zero-order valence-corrected chi connectivity index (χ0v) is 10.3. The van der Waals surface area contributed by atoms with Gasteiger partial charge < -0.3 is 19.8 Å². The Morgan fingerprint density at radius 2 is 2.29 bits per heavy atom. The second kappa shape index (κ2) is 7.67. The number of H-pyrrole nitrogens is 1. The summed E-state index contributed by atoms with van der Waals surface area (Å²) >= 11 is 0. The topological polar surface area (TPSA) is 76.2 Å². The number of methoxy groups -OCH3 is 1. The molecule has 0 radical (unpaired) electrons. The maximum atomic E-state index is 11.4. The molecule has 0 aliphatic rings. The molecule has 96 valence electrons. The highest BCUT2D eigenvalue weighted by atomic mass is 16.5. The lowest BCUT2D eigenvalue weighted by Gasteiger charge is -2.08. The Labute approximate surface area is 100 Å². The molecule has 2 N–H and O–H groups in total. The number of anilines is 1. The van der Waals surface area contributed by atoms with Gasteiger partial charge >= 0.3 is 0 Å². The summed E-state index contributed by atoms with van der Waals surface area (Å²) < 4.78 is 10.3. The summed E-state index contributed by atoms with van der Waals surface area (Å²) in [7, 11) is 1.45. The van der Waals surface area contributed by atoms with Gasteiger partial charge in [-0.25, -0.2) is 4.98 Å². The van der Waals surface area contributed by atoms with Gasteiger partial charge in [-0.3, -0.25) is 4.79 Å². The number of ether oxygens (including phenoxy) is 2. The molecule has 0 aromatic carbocycles. The van der Waals surface area contributed by atoms with Crippen LogP contribution in [0.4, 0.5) is 5.82 Å². The second-order valence-electron chi connectivity index (χ2n) is 3.51. The van der Waals surface area contributed by atoms with Gasteiger partial charge in [-0.1, -0.05) is 6.92 Å². The summed E-state index contributed by atoms with van der Waals surface area (Å²) in [6.07, 6.45) is 3.23. The fraction of sp³-hybridized carbons (Fsp3) is 0.636. The predicted octanol–water partition coefficient (Wildman–Crippen LogP) is 1.01. The minimum absolute atomic E-state index is 0.210. The number of aromatic nitrogens is 2. The van der Waals surface area contributed by atoms with Crippen LogP contribution in [-0.2, 0) is 4.74 Å². The first-order valence-corrected chi connectivity index (χ1v) is 5.72. The molecule has 6 heteroatoms. The number of nitrogens with one attached hydrogen (secondary N) is 2. The minimum atomic E-state index is -0.285. The largest absolute Gasteiger partial charge is 0.489 e. The van der Waals surface area contributed by atoms with Crippen LogP contribution in [0.2, 0.25) is 0 Å². The predicted molar refractivity (Wildman–Crippen MR) is 65.6 cm³/mol. The van der Waals surface area contributed by atoms with E-state index in [1.54, 1.807) is 0 Å². The average molecular weight is 241 g/mol. The molecule has 6 nitrogen and oxygen atoms in total. The fourth-order valence-corrected chi connectivity index (χ4v) is 1.33. The van der Waals surface area contributed by atoms with Gasteiger partial charge in [-0.15, -0.1) is 0 Å². The molecule has 0 aliphatic carbocycles. The van der Waals surface area contributed by atoms with Crippen LogP contribution in [0.1, 0.15) is 19.8 Å². The number of hydrogen-bond donors (Lipinski definition) is 2. The molecule has 1 aromatic heterocycles. The third-order valence-corrected chi connectivity index (χ3v) is 2.12. The van der Waals surface area contributed by atoms with Crippen molar-refractivity contribution in [2.45, 2.75) is 19.8 Å². The Bertz CT molecular complexity index is 378. The first-order chi connectivity index (χ1) is 8.29. The van der Waals surface area contributed by atoms with E-state index in [0.717, 1.165) is 19.4 Å². The van der Waals surface area contributed by atoms with Crippen LogP contribution >= 0.6 is 0 Å². The van der Waals surface area contributed by atoms with Gasteiger partial charge in [0.25, 0.3) is 5.56 Å². The van der Waals surface area contributed by atoms with Gasteiger partial charge in [0.05, 0.1) is 13.4 Å². The monoisotopic (exact) mass is 241 g/mol. The van der Waals surface area contributed by atoms with E-state index in [0.29, 0.717) is 19.0 Å². The Morgan fingerprint density at radius 3 is 3.00 bits per heavy atom. The van der Waals surface area contributed by atoms with Crippen molar-refractivity contribution in [3.63, 3.8) is 0 Å². The first-order valence-electron chi connectivity index (χ1n) is 5.72. The molecular formula is C11H19N3O3. The molecule has 0 unspecified atom stereocenters. The number of hydrogen-bond acceptors (Lipinski definition) is 5. The van der Waals surface area contributed by atoms with Crippen molar-refractivity contribution in [2.24, 2.45) is 0 Å². The maximum Gasteiger partial charge on any atom is 0.295 e. The SMILES string of the molecule is CCCOCCCNc1nc[nH]c(=O)c1OC. The fourth-order valence-electron chi connectivity index (χ4n) is 1.33. The summed E-state index contributed by atoms with van der Waals surface area (Å²) in [5.41, 5.74) is -0.285. The minimum Gasteiger partial charge on any atom is -0.489 e. The maximum absolute atomic E-state index is 11.4. The number of nitrogens with zero attached hydrogens (tertiary/aromatic N) is 1. The molecule has 1 rings (SSSR count). The van der Waals surface area contributed by atoms with Crippen LogP contribution in [0.25, 0.3) is 0 Å². The molecule has 0 bridgehead atoms. The highest BCUT2D eigenvalue weighted by Crippen LogP contribution is 2.13. The summed E-state index contributed by atoms with van der Waals surface area (Å²) in [5.74, 6) is 0.675. The summed E-state index contributed by atoms with van der Waals surface area (Å²) in [4.78, 5) is 17.8.